The first kappa shape index (κ1) is 27.3. The molecule has 4 saturated heterocycles. The number of hydrogen-bond donors (Lipinski definition) is 0. The van der Waals surface area contributed by atoms with Gasteiger partial charge in [0.15, 0.2) is 5.83 Å². The Labute approximate surface area is 261 Å². The second-order valence-electron chi connectivity index (χ2n) is 14.0. The van der Waals surface area contributed by atoms with Crippen LogP contribution in [0.4, 0.5) is 8.78 Å². The third-order valence-corrected chi connectivity index (χ3v) is 12.1. The lowest BCUT2D eigenvalue weighted by Gasteiger charge is -2.50. The van der Waals surface area contributed by atoms with Gasteiger partial charge in [-0.2, -0.15) is 4.99 Å². The molecule has 3 aliphatic carbocycles. The number of benzene rings is 1. The SMILES string of the molecule is C=C(F)C(=O)N1CC[C@@H]2[C@H]1CN2C1=NC(OCC23CCCN2CCC3)=NC2C(F)=C(c3cccc4c3C3CC3C4)C(Cl)=CC12. The van der Waals surface area contributed by atoms with E-state index in [0.29, 0.717) is 54.4 Å². The Morgan fingerprint density at radius 3 is 2.80 bits per heavy atom. The molecule has 1 aromatic carbocycles. The average molecular weight is 620 g/mol. The summed E-state index contributed by atoms with van der Waals surface area (Å²) in [6.45, 7) is 6.79. The molecule has 44 heavy (non-hydrogen) atoms. The van der Waals surface area contributed by atoms with Crippen LogP contribution in [0.15, 0.2) is 57.5 Å². The van der Waals surface area contributed by atoms with Crippen molar-refractivity contribution in [3.8, 4) is 0 Å². The molecule has 0 bridgehead atoms. The van der Waals surface area contributed by atoms with Gasteiger partial charge in [0.05, 0.1) is 23.5 Å². The number of rotatable bonds is 4. The number of nitrogens with zero attached hydrogens (tertiary/aromatic N) is 5. The van der Waals surface area contributed by atoms with Crippen molar-refractivity contribution in [2.45, 2.75) is 74.5 Å². The predicted octanol–water partition coefficient (Wildman–Crippen LogP) is 5.33. The standard InChI is InChI=1S/C34H36ClF2N5O2/c1-18(36)32(43)41-12-7-25-26(41)16-42(25)31-23-15-24(35)28(21-6-2-5-19-13-20-14-22(20)27(19)21)29(37)30(23)38-33(39-31)44-17-34-8-3-10-40(34)11-4-9-34/h2,5-6,15,20,22-23,25-26,30H,1,3-4,7-14,16-17H2/t20?,22?,23?,25-,26-,30?/m1/s1. The summed E-state index contributed by atoms with van der Waals surface area (Å²) in [5.74, 6) is -0.632. The highest BCUT2D eigenvalue weighted by atomic mass is 35.5. The van der Waals surface area contributed by atoms with Crippen molar-refractivity contribution in [1.82, 2.24) is 14.7 Å². The summed E-state index contributed by atoms with van der Waals surface area (Å²) < 4.78 is 37.1. The fourth-order valence-corrected chi connectivity index (χ4v) is 9.84. The lowest BCUT2D eigenvalue weighted by atomic mass is 9.82. The highest BCUT2D eigenvalue weighted by molar-refractivity contribution is 6.37. The van der Waals surface area contributed by atoms with Crippen LogP contribution in [0.3, 0.4) is 0 Å². The number of halogens is 3. The van der Waals surface area contributed by atoms with E-state index in [-0.39, 0.29) is 29.5 Å². The van der Waals surface area contributed by atoms with Crippen LogP contribution in [0.2, 0.25) is 0 Å². The molecule has 1 aromatic rings. The Bertz CT molecular complexity index is 1610. The number of likely N-dealkylation sites (tertiary alicyclic amines) is 2. The quantitative estimate of drug-likeness (QED) is 0.428. The van der Waals surface area contributed by atoms with Gasteiger partial charge in [0, 0.05) is 23.7 Å². The Balaban J connectivity index is 1.07. The van der Waals surface area contributed by atoms with E-state index in [0.717, 1.165) is 57.2 Å². The van der Waals surface area contributed by atoms with Gasteiger partial charge in [-0.1, -0.05) is 42.5 Å². The summed E-state index contributed by atoms with van der Waals surface area (Å²) in [5.41, 5.74) is 3.87. The number of amidine groups is 2. The molecule has 8 aliphatic rings. The van der Waals surface area contributed by atoms with Crippen molar-refractivity contribution in [3.05, 3.63) is 64.2 Å². The lowest BCUT2D eigenvalue weighted by molar-refractivity contribution is -0.131. The molecular formula is C34H36ClF2N5O2. The maximum Gasteiger partial charge on any atom is 0.314 e. The van der Waals surface area contributed by atoms with Gasteiger partial charge in [-0.25, -0.2) is 13.8 Å². The topological polar surface area (TPSA) is 60.7 Å². The zero-order chi connectivity index (χ0) is 29.9. The molecule has 5 heterocycles. The van der Waals surface area contributed by atoms with Gasteiger partial charge >= 0.3 is 6.02 Å². The molecule has 4 unspecified atom stereocenters. The second-order valence-corrected chi connectivity index (χ2v) is 14.4. The molecule has 10 heteroatoms. The minimum Gasteiger partial charge on any atom is -0.462 e. The van der Waals surface area contributed by atoms with Crippen LogP contribution < -0.4 is 0 Å². The number of aliphatic imine (C=N–C) groups is 2. The molecule has 5 aliphatic heterocycles. The van der Waals surface area contributed by atoms with Crippen molar-refractivity contribution in [2.24, 2.45) is 21.8 Å². The van der Waals surface area contributed by atoms with Crippen LogP contribution in [0, 0.1) is 11.8 Å². The Hall–Kier alpha value is -3.04. The number of amides is 1. The first-order valence-corrected chi connectivity index (χ1v) is 16.6. The van der Waals surface area contributed by atoms with E-state index in [1.54, 1.807) is 4.90 Å². The Morgan fingerprint density at radius 1 is 1.18 bits per heavy atom. The third-order valence-electron chi connectivity index (χ3n) is 11.8. The van der Waals surface area contributed by atoms with Crippen LogP contribution in [0.5, 0.6) is 0 Å². The minimum absolute atomic E-state index is 0.00129. The lowest BCUT2D eigenvalue weighted by Crippen LogP contribution is -2.66. The van der Waals surface area contributed by atoms with Crippen LogP contribution in [0.25, 0.3) is 5.57 Å². The summed E-state index contributed by atoms with van der Waals surface area (Å²) in [5, 5.41) is 0.383. The van der Waals surface area contributed by atoms with E-state index in [2.05, 4.69) is 22.4 Å². The second kappa shape index (κ2) is 9.73. The van der Waals surface area contributed by atoms with E-state index in [9.17, 15) is 9.18 Å². The molecule has 6 atom stereocenters. The fraction of sp³-hybridized carbons (Fsp3) is 0.559. The number of carbonyl (C=O) groups excluding carboxylic acids is 1. The first-order chi connectivity index (χ1) is 21.3. The maximum absolute atomic E-state index is 16.9. The molecule has 230 valence electrons. The molecule has 0 radical (unpaired) electrons. The van der Waals surface area contributed by atoms with Crippen LogP contribution in [-0.2, 0) is 16.0 Å². The van der Waals surface area contributed by atoms with E-state index in [1.165, 1.54) is 11.1 Å². The smallest absolute Gasteiger partial charge is 0.314 e. The van der Waals surface area contributed by atoms with Gasteiger partial charge in [0.25, 0.3) is 5.91 Å². The molecule has 7 nitrogen and oxygen atoms in total. The van der Waals surface area contributed by atoms with Crippen LogP contribution >= 0.6 is 11.6 Å². The molecule has 0 aromatic heterocycles. The summed E-state index contributed by atoms with van der Waals surface area (Å²) in [6, 6.07) is 5.36. The highest BCUT2D eigenvalue weighted by Crippen LogP contribution is 2.59. The molecule has 1 saturated carbocycles. The maximum atomic E-state index is 16.9. The van der Waals surface area contributed by atoms with Gasteiger partial charge in [-0.15, -0.1) is 0 Å². The summed E-state index contributed by atoms with van der Waals surface area (Å²) in [6.07, 6.45) is 9.26. The monoisotopic (exact) mass is 619 g/mol. The summed E-state index contributed by atoms with van der Waals surface area (Å²) in [7, 11) is 0. The largest absolute Gasteiger partial charge is 0.462 e. The van der Waals surface area contributed by atoms with Gasteiger partial charge in [-0.3, -0.25) is 9.69 Å². The highest BCUT2D eigenvalue weighted by Gasteiger charge is 2.54. The molecule has 5 fully saturated rings. The van der Waals surface area contributed by atoms with Crippen LogP contribution in [0.1, 0.15) is 61.1 Å². The average Bonchev–Trinajstić information content (AvgIpc) is 3.29. The fourth-order valence-electron chi connectivity index (χ4n) is 9.51. The Kier molecular flexibility index (Phi) is 6.03. The van der Waals surface area contributed by atoms with Crippen molar-refractivity contribution < 1.29 is 18.3 Å². The molecule has 0 N–H and O–H groups in total. The van der Waals surface area contributed by atoms with Crippen molar-refractivity contribution in [3.63, 3.8) is 0 Å². The predicted molar refractivity (Wildman–Crippen MR) is 165 cm³/mol. The summed E-state index contributed by atoms with van der Waals surface area (Å²) in [4.78, 5) is 28.4. The number of allylic oxidation sites excluding steroid dienone is 2. The van der Waals surface area contributed by atoms with Gasteiger partial charge in [0.1, 0.15) is 24.3 Å². The molecule has 0 spiro atoms. The normalized spacial score (nSPS) is 34.3. The van der Waals surface area contributed by atoms with Crippen LogP contribution in [-0.4, -0.2) is 88.9 Å². The third kappa shape index (κ3) is 3.90. The number of carbonyl (C=O) groups is 1. The zero-order valence-corrected chi connectivity index (χ0v) is 25.4. The van der Waals surface area contributed by atoms with Crippen molar-refractivity contribution >= 4 is 34.9 Å². The van der Waals surface area contributed by atoms with Crippen molar-refractivity contribution in [2.75, 3.05) is 32.8 Å². The number of hydrogen-bond acceptors (Lipinski definition) is 6. The molecular weight excluding hydrogens is 584 g/mol. The van der Waals surface area contributed by atoms with E-state index in [4.69, 9.17) is 26.3 Å². The van der Waals surface area contributed by atoms with Gasteiger partial charge in [-0.05, 0) is 86.6 Å². The molecule has 9 rings (SSSR count). The molecule has 1 amide bonds. The van der Waals surface area contributed by atoms with Gasteiger partial charge < -0.3 is 14.5 Å². The van der Waals surface area contributed by atoms with Gasteiger partial charge in [0.2, 0.25) is 0 Å². The van der Waals surface area contributed by atoms with E-state index in [1.807, 2.05) is 18.2 Å². The first-order valence-electron chi connectivity index (χ1n) is 16.2. The number of ether oxygens (including phenoxy) is 1. The number of fused-ring (bicyclic) bond motifs is 6. The minimum atomic E-state index is -0.944. The zero-order valence-electron chi connectivity index (χ0n) is 24.7. The van der Waals surface area contributed by atoms with Crippen molar-refractivity contribution in [1.29, 1.82) is 0 Å². The summed E-state index contributed by atoms with van der Waals surface area (Å²) >= 11 is 6.98. The van der Waals surface area contributed by atoms with E-state index < -0.39 is 23.7 Å². The Morgan fingerprint density at radius 2 is 2.00 bits per heavy atom. The van der Waals surface area contributed by atoms with E-state index >= 15 is 4.39 Å².